The second kappa shape index (κ2) is 11.3. The van der Waals surface area contributed by atoms with Gasteiger partial charge >= 0.3 is 0 Å². The van der Waals surface area contributed by atoms with E-state index in [0.29, 0.717) is 46.9 Å². The van der Waals surface area contributed by atoms with E-state index >= 15 is 0 Å². The summed E-state index contributed by atoms with van der Waals surface area (Å²) < 4.78 is 16.2. The Kier molecular flexibility index (Phi) is 7.65. The predicted molar refractivity (Wildman–Crippen MR) is 155 cm³/mol. The molecule has 2 unspecified atom stereocenters. The van der Waals surface area contributed by atoms with Crippen molar-refractivity contribution in [2.24, 2.45) is 0 Å². The summed E-state index contributed by atoms with van der Waals surface area (Å²) in [5.41, 5.74) is 6.45. The third-order valence-corrected chi connectivity index (χ3v) is 7.80. The van der Waals surface area contributed by atoms with E-state index in [4.69, 9.17) is 14.2 Å². The van der Waals surface area contributed by atoms with Crippen LogP contribution in [0.15, 0.2) is 89.3 Å². The van der Waals surface area contributed by atoms with Gasteiger partial charge in [-0.25, -0.2) is 0 Å². The van der Waals surface area contributed by atoms with Crippen molar-refractivity contribution in [2.45, 2.75) is 38.5 Å². The van der Waals surface area contributed by atoms with Crippen molar-refractivity contribution in [3.8, 4) is 17.2 Å². The first kappa shape index (κ1) is 27.1. The first-order valence-corrected chi connectivity index (χ1v) is 13.3. The number of dihydropyridines is 1. The number of rotatable bonds is 7. The first-order chi connectivity index (χ1) is 19.3. The average Bonchev–Trinajstić information content (AvgIpc) is 2.96. The fourth-order valence-electron chi connectivity index (χ4n) is 5.78. The van der Waals surface area contributed by atoms with Crippen molar-refractivity contribution in [3.05, 3.63) is 106 Å². The number of hydrogen-bond acceptors (Lipinski definition) is 6. The lowest BCUT2D eigenvalue weighted by molar-refractivity contribution is -0.116. The molecule has 1 aliphatic carbocycles. The van der Waals surface area contributed by atoms with Gasteiger partial charge in [-0.3, -0.25) is 9.59 Å². The van der Waals surface area contributed by atoms with Gasteiger partial charge in [0.15, 0.2) is 17.3 Å². The molecule has 0 saturated carbocycles. The molecule has 3 aromatic rings. The Morgan fingerprint density at radius 2 is 1.60 bits per heavy atom. The van der Waals surface area contributed by atoms with E-state index in [-0.39, 0.29) is 17.6 Å². The van der Waals surface area contributed by atoms with E-state index in [1.165, 1.54) is 0 Å². The van der Waals surface area contributed by atoms with E-state index in [1.54, 1.807) is 45.6 Å². The minimum absolute atomic E-state index is 0.0291. The number of hydrogen-bond donors (Lipinski definition) is 2. The van der Waals surface area contributed by atoms with Crippen LogP contribution in [-0.4, -0.2) is 33.0 Å². The third kappa shape index (κ3) is 5.07. The van der Waals surface area contributed by atoms with Crippen molar-refractivity contribution < 1.29 is 23.8 Å². The summed E-state index contributed by atoms with van der Waals surface area (Å²) in [4.78, 5) is 27.8. The van der Waals surface area contributed by atoms with Crippen LogP contribution in [0.1, 0.15) is 48.3 Å². The zero-order valence-electron chi connectivity index (χ0n) is 23.5. The zero-order chi connectivity index (χ0) is 28.4. The number of nitrogens with one attached hydrogen (secondary N) is 2. The van der Waals surface area contributed by atoms with Gasteiger partial charge in [-0.2, -0.15) is 0 Å². The SMILES string of the molecule is COc1ccc(NC(=O)C2=C(C)NC3=C(C(=O)CC(c4ccc(OC)c(OC)c4)C3)C2c2ccccc2C)cc1. The summed E-state index contributed by atoms with van der Waals surface area (Å²) in [6.45, 7) is 3.92. The maximum atomic E-state index is 14.0. The largest absolute Gasteiger partial charge is 0.497 e. The highest BCUT2D eigenvalue weighted by Gasteiger charge is 2.41. The standard InChI is InChI=1S/C33H34N2O5/c1-19-8-6-7-9-25(19)31-30(33(37)35-23-11-13-24(38-3)14-12-23)20(2)34-26-16-22(17-27(36)32(26)31)21-10-15-28(39-4)29(18-21)40-5/h6-15,18,22,31,34H,16-17H2,1-5H3,(H,35,37). The second-order valence-electron chi connectivity index (χ2n) is 10.2. The molecule has 0 radical (unpaired) electrons. The molecule has 0 spiro atoms. The van der Waals surface area contributed by atoms with Crippen molar-refractivity contribution in [1.82, 2.24) is 5.32 Å². The van der Waals surface area contributed by atoms with Gasteiger partial charge in [0.25, 0.3) is 5.91 Å². The van der Waals surface area contributed by atoms with Gasteiger partial charge in [0.2, 0.25) is 0 Å². The van der Waals surface area contributed by atoms with Gasteiger partial charge < -0.3 is 24.8 Å². The zero-order valence-corrected chi connectivity index (χ0v) is 23.5. The van der Waals surface area contributed by atoms with Crippen LogP contribution in [0, 0.1) is 6.92 Å². The highest BCUT2D eigenvalue weighted by molar-refractivity contribution is 6.10. The molecule has 0 aromatic heterocycles. The molecule has 1 amide bonds. The van der Waals surface area contributed by atoms with Gasteiger partial charge in [0, 0.05) is 40.6 Å². The normalized spacial score (nSPS) is 18.6. The van der Waals surface area contributed by atoms with E-state index in [0.717, 1.165) is 28.1 Å². The number of Topliss-reactive ketones (excluding diaryl/α,β-unsaturated/α-hetero) is 1. The molecule has 40 heavy (non-hydrogen) atoms. The lowest BCUT2D eigenvalue weighted by Gasteiger charge is -2.37. The van der Waals surface area contributed by atoms with E-state index in [2.05, 4.69) is 10.6 Å². The fourth-order valence-corrected chi connectivity index (χ4v) is 5.78. The van der Waals surface area contributed by atoms with Gasteiger partial charge in [0.05, 0.1) is 21.3 Å². The molecule has 206 valence electrons. The summed E-state index contributed by atoms with van der Waals surface area (Å²) in [7, 11) is 4.81. The highest BCUT2D eigenvalue weighted by Crippen LogP contribution is 2.47. The van der Waals surface area contributed by atoms with Crippen LogP contribution in [0.25, 0.3) is 0 Å². The molecule has 2 atom stereocenters. The van der Waals surface area contributed by atoms with Gasteiger partial charge in [-0.1, -0.05) is 30.3 Å². The molecule has 1 aliphatic heterocycles. The van der Waals surface area contributed by atoms with Gasteiger partial charge in [0.1, 0.15) is 5.75 Å². The van der Waals surface area contributed by atoms with Crippen LogP contribution in [0.5, 0.6) is 17.2 Å². The van der Waals surface area contributed by atoms with Crippen molar-refractivity contribution in [3.63, 3.8) is 0 Å². The number of amides is 1. The highest BCUT2D eigenvalue weighted by atomic mass is 16.5. The fraction of sp³-hybridized carbons (Fsp3) is 0.273. The molecule has 0 fully saturated rings. The number of aryl methyl sites for hydroxylation is 1. The maximum absolute atomic E-state index is 14.0. The van der Waals surface area contributed by atoms with Crippen molar-refractivity contribution in [2.75, 3.05) is 26.6 Å². The Morgan fingerprint density at radius 3 is 2.27 bits per heavy atom. The Labute approximate surface area is 234 Å². The quantitative estimate of drug-likeness (QED) is 0.383. The van der Waals surface area contributed by atoms with Crippen LogP contribution in [0.4, 0.5) is 5.69 Å². The summed E-state index contributed by atoms with van der Waals surface area (Å²) >= 11 is 0. The maximum Gasteiger partial charge on any atom is 0.254 e. The summed E-state index contributed by atoms with van der Waals surface area (Å²) in [6.07, 6.45) is 0.981. The molecule has 3 aromatic carbocycles. The van der Waals surface area contributed by atoms with E-state index in [1.807, 2.05) is 56.3 Å². The summed E-state index contributed by atoms with van der Waals surface area (Å²) in [5.74, 6) is 1.27. The summed E-state index contributed by atoms with van der Waals surface area (Å²) in [5, 5.41) is 6.48. The molecular weight excluding hydrogens is 504 g/mol. The minimum Gasteiger partial charge on any atom is -0.497 e. The number of methoxy groups -OCH3 is 3. The molecule has 0 bridgehead atoms. The molecule has 1 heterocycles. The number of ketones is 1. The molecule has 2 N–H and O–H groups in total. The number of anilines is 1. The predicted octanol–water partition coefficient (Wildman–Crippen LogP) is 6.02. The second-order valence-corrected chi connectivity index (χ2v) is 10.2. The van der Waals surface area contributed by atoms with Gasteiger partial charge in [-0.15, -0.1) is 0 Å². The number of carbonyl (C=O) groups is 2. The van der Waals surface area contributed by atoms with Gasteiger partial charge in [-0.05, 0) is 79.3 Å². The Hall–Kier alpha value is -4.52. The average molecular weight is 539 g/mol. The number of ether oxygens (including phenoxy) is 3. The van der Waals surface area contributed by atoms with Crippen LogP contribution in [0.2, 0.25) is 0 Å². The topological polar surface area (TPSA) is 85.9 Å². The number of benzene rings is 3. The molecular formula is C33H34N2O5. The molecule has 7 nitrogen and oxygen atoms in total. The molecule has 0 saturated heterocycles. The number of carbonyl (C=O) groups excluding carboxylic acids is 2. The van der Waals surface area contributed by atoms with Crippen LogP contribution >= 0.6 is 0 Å². The minimum atomic E-state index is -0.477. The van der Waals surface area contributed by atoms with Crippen LogP contribution in [0.3, 0.4) is 0 Å². The Balaban J connectivity index is 1.53. The molecule has 5 rings (SSSR count). The van der Waals surface area contributed by atoms with Crippen LogP contribution in [-0.2, 0) is 9.59 Å². The lowest BCUT2D eigenvalue weighted by atomic mass is 9.71. The Morgan fingerprint density at radius 1 is 0.875 bits per heavy atom. The summed E-state index contributed by atoms with van der Waals surface area (Å²) in [6, 6.07) is 21.0. The van der Waals surface area contributed by atoms with E-state index in [9.17, 15) is 9.59 Å². The first-order valence-electron chi connectivity index (χ1n) is 13.3. The molecule has 2 aliphatic rings. The lowest BCUT2D eigenvalue weighted by Crippen LogP contribution is -2.37. The number of allylic oxidation sites excluding steroid dienone is 3. The van der Waals surface area contributed by atoms with Crippen molar-refractivity contribution >= 4 is 17.4 Å². The monoisotopic (exact) mass is 538 g/mol. The smallest absolute Gasteiger partial charge is 0.254 e. The molecule has 7 heteroatoms. The van der Waals surface area contributed by atoms with Crippen LogP contribution < -0.4 is 24.8 Å². The van der Waals surface area contributed by atoms with E-state index < -0.39 is 5.92 Å². The third-order valence-electron chi connectivity index (χ3n) is 7.80. The Bertz CT molecular complexity index is 1520. The van der Waals surface area contributed by atoms with Crippen molar-refractivity contribution in [1.29, 1.82) is 0 Å².